The van der Waals surface area contributed by atoms with Gasteiger partial charge in [0.05, 0.1) is 10.6 Å². The molecule has 21 heavy (non-hydrogen) atoms. The van der Waals surface area contributed by atoms with Crippen molar-refractivity contribution in [2.45, 2.75) is 25.2 Å². The average Bonchev–Trinajstić information content (AvgIpc) is 2.33. The summed E-state index contributed by atoms with van der Waals surface area (Å²) in [5.41, 5.74) is -0.366. The predicted molar refractivity (Wildman–Crippen MR) is 79.2 cm³/mol. The van der Waals surface area contributed by atoms with Gasteiger partial charge in [-0.1, -0.05) is 25.4 Å². The van der Waals surface area contributed by atoms with E-state index in [4.69, 9.17) is 16.7 Å². The number of amides is 1. The van der Waals surface area contributed by atoms with Crippen molar-refractivity contribution in [3.05, 3.63) is 28.5 Å². The molecule has 0 aliphatic heterocycles. The number of primary sulfonamides is 1. The Labute approximate surface area is 128 Å². The third-order valence-corrected chi connectivity index (χ3v) is 4.32. The van der Waals surface area contributed by atoms with Gasteiger partial charge in [0.25, 0.3) is 5.91 Å². The van der Waals surface area contributed by atoms with Crippen molar-refractivity contribution in [1.29, 1.82) is 0 Å². The lowest BCUT2D eigenvalue weighted by Crippen LogP contribution is -2.29. The van der Waals surface area contributed by atoms with Crippen LogP contribution in [0.15, 0.2) is 17.0 Å². The molecule has 8 heteroatoms. The number of sulfonamides is 1. The van der Waals surface area contributed by atoms with Gasteiger partial charge in [0, 0.05) is 13.6 Å². The number of halogens is 2. The minimum absolute atomic E-state index is 0.351. The van der Waals surface area contributed by atoms with Crippen LogP contribution in [0.3, 0.4) is 0 Å². The zero-order valence-corrected chi connectivity index (χ0v) is 13.6. The lowest BCUT2D eigenvalue weighted by Gasteiger charge is -2.19. The molecule has 0 saturated heterocycles. The van der Waals surface area contributed by atoms with E-state index in [-0.39, 0.29) is 10.6 Å². The zero-order chi connectivity index (χ0) is 16.4. The molecule has 0 atom stereocenters. The lowest BCUT2D eigenvalue weighted by molar-refractivity contribution is 0.0784. The van der Waals surface area contributed by atoms with Gasteiger partial charge in [-0.15, -0.1) is 0 Å². The molecule has 1 amide bonds. The van der Waals surface area contributed by atoms with Crippen molar-refractivity contribution < 1.29 is 17.6 Å². The number of hydrogen-bond acceptors (Lipinski definition) is 3. The molecule has 0 bridgehead atoms. The van der Waals surface area contributed by atoms with E-state index in [2.05, 4.69) is 0 Å². The van der Waals surface area contributed by atoms with Crippen LogP contribution in [0, 0.1) is 11.7 Å². The average molecular weight is 337 g/mol. The first-order valence-corrected chi connectivity index (χ1v) is 8.23. The monoisotopic (exact) mass is 336 g/mol. The highest BCUT2D eigenvalue weighted by molar-refractivity contribution is 7.89. The normalized spacial score (nSPS) is 11.8. The summed E-state index contributed by atoms with van der Waals surface area (Å²) in [4.78, 5) is 13.0. The number of nitrogens with zero attached hydrogens (tertiary/aromatic N) is 1. The first-order valence-electron chi connectivity index (χ1n) is 6.31. The van der Waals surface area contributed by atoms with Crippen molar-refractivity contribution in [3.8, 4) is 0 Å². The second-order valence-corrected chi connectivity index (χ2v) is 7.15. The van der Waals surface area contributed by atoms with Crippen LogP contribution >= 0.6 is 11.6 Å². The Balaban J connectivity index is 3.16. The molecule has 118 valence electrons. The Morgan fingerprint density at radius 1 is 1.43 bits per heavy atom. The fourth-order valence-electron chi connectivity index (χ4n) is 1.67. The van der Waals surface area contributed by atoms with Gasteiger partial charge < -0.3 is 4.90 Å². The number of carbonyl (C=O) groups excluding carboxylic acids is 1. The first-order chi connectivity index (χ1) is 9.54. The Morgan fingerprint density at radius 2 is 2.00 bits per heavy atom. The molecular weight excluding hydrogens is 319 g/mol. The Bertz CT molecular complexity index is 647. The highest BCUT2D eigenvalue weighted by Gasteiger charge is 2.22. The second-order valence-electron chi connectivity index (χ2n) is 5.22. The molecule has 1 aromatic carbocycles. The largest absolute Gasteiger partial charge is 0.342 e. The van der Waals surface area contributed by atoms with Gasteiger partial charge in [0.15, 0.2) is 0 Å². The molecule has 0 unspecified atom stereocenters. The van der Waals surface area contributed by atoms with Crippen molar-refractivity contribution in [2.24, 2.45) is 11.1 Å². The van der Waals surface area contributed by atoms with Crippen LogP contribution in [-0.2, 0) is 10.0 Å². The lowest BCUT2D eigenvalue weighted by atomic mass is 10.1. The molecule has 0 heterocycles. The number of carbonyl (C=O) groups is 1. The summed E-state index contributed by atoms with van der Waals surface area (Å²) in [6.07, 6.45) is 0.749. The van der Waals surface area contributed by atoms with Gasteiger partial charge in [-0.3, -0.25) is 4.79 Å². The van der Waals surface area contributed by atoms with E-state index in [0.717, 1.165) is 18.6 Å². The van der Waals surface area contributed by atoms with E-state index in [9.17, 15) is 17.6 Å². The molecule has 5 nitrogen and oxygen atoms in total. The van der Waals surface area contributed by atoms with E-state index in [0.29, 0.717) is 12.5 Å². The molecule has 2 N–H and O–H groups in total. The van der Waals surface area contributed by atoms with Crippen LogP contribution < -0.4 is 5.14 Å². The van der Waals surface area contributed by atoms with Crippen LogP contribution in [0.1, 0.15) is 30.6 Å². The second kappa shape index (κ2) is 6.72. The fourth-order valence-corrected chi connectivity index (χ4v) is 2.76. The topological polar surface area (TPSA) is 80.5 Å². The molecule has 0 aromatic heterocycles. The molecule has 0 aliphatic carbocycles. The molecule has 0 fully saturated rings. The van der Waals surface area contributed by atoms with E-state index in [1.165, 1.54) is 11.9 Å². The summed E-state index contributed by atoms with van der Waals surface area (Å²) < 4.78 is 36.6. The summed E-state index contributed by atoms with van der Waals surface area (Å²) in [5, 5.41) is 4.64. The van der Waals surface area contributed by atoms with Gasteiger partial charge in [-0.2, -0.15) is 0 Å². The minimum Gasteiger partial charge on any atom is -0.342 e. The molecule has 0 spiro atoms. The zero-order valence-electron chi connectivity index (χ0n) is 12.1. The third kappa shape index (κ3) is 4.66. The van der Waals surface area contributed by atoms with E-state index < -0.39 is 26.6 Å². The summed E-state index contributed by atoms with van der Waals surface area (Å²) >= 11 is 5.65. The first kappa shape index (κ1) is 17.9. The summed E-state index contributed by atoms with van der Waals surface area (Å²) in [6.45, 7) is 4.43. The van der Waals surface area contributed by atoms with E-state index >= 15 is 0 Å². The maximum absolute atomic E-state index is 13.9. The van der Waals surface area contributed by atoms with Crippen LogP contribution in [-0.4, -0.2) is 32.8 Å². The van der Waals surface area contributed by atoms with E-state index in [1.54, 1.807) is 0 Å². The van der Waals surface area contributed by atoms with Crippen LogP contribution in [0.2, 0.25) is 5.02 Å². The number of benzene rings is 1. The summed E-state index contributed by atoms with van der Waals surface area (Å²) in [7, 11) is -2.60. The van der Waals surface area contributed by atoms with Gasteiger partial charge in [-0.05, 0) is 24.5 Å². The summed E-state index contributed by atoms with van der Waals surface area (Å²) in [6, 6.07) is 1.66. The highest BCUT2D eigenvalue weighted by atomic mass is 35.5. The molecule has 0 aliphatic rings. The molecule has 1 aromatic rings. The SMILES string of the molecule is CC(C)CCN(C)C(=O)c1cc(S(N)(=O)=O)c(Cl)cc1F. The number of hydrogen-bond donors (Lipinski definition) is 1. The fraction of sp³-hybridized carbons (Fsp3) is 0.462. The predicted octanol–water partition coefficient (Wildman–Crippen LogP) is 2.24. The Hall–Kier alpha value is -1.18. The maximum Gasteiger partial charge on any atom is 0.256 e. The van der Waals surface area contributed by atoms with Gasteiger partial charge in [0.1, 0.15) is 10.7 Å². The minimum atomic E-state index is -4.13. The standard InChI is InChI=1S/C13H18ClFN2O3S/c1-8(2)4-5-17(3)13(18)9-6-12(21(16,19)20)10(14)7-11(9)15/h6-8H,4-5H2,1-3H3,(H2,16,19,20). The number of rotatable bonds is 5. The Kier molecular flexibility index (Phi) is 5.72. The quantitative estimate of drug-likeness (QED) is 0.895. The van der Waals surface area contributed by atoms with Crippen LogP contribution in [0.5, 0.6) is 0 Å². The highest BCUT2D eigenvalue weighted by Crippen LogP contribution is 2.25. The van der Waals surface area contributed by atoms with Crippen molar-refractivity contribution in [2.75, 3.05) is 13.6 Å². The van der Waals surface area contributed by atoms with Crippen LogP contribution in [0.25, 0.3) is 0 Å². The van der Waals surface area contributed by atoms with Crippen molar-refractivity contribution in [1.82, 2.24) is 4.90 Å². The van der Waals surface area contributed by atoms with Crippen LogP contribution in [0.4, 0.5) is 4.39 Å². The van der Waals surface area contributed by atoms with Gasteiger partial charge in [-0.25, -0.2) is 17.9 Å². The van der Waals surface area contributed by atoms with Gasteiger partial charge in [0.2, 0.25) is 10.0 Å². The van der Waals surface area contributed by atoms with E-state index in [1.807, 2.05) is 13.8 Å². The van der Waals surface area contributed by atoms with Crippen molar-refractivity contribution in [3.63, 3.8) is 0 Å². The Morgan fingerprint density at radius 3 is 2.48 bits per heavy atom. The smallest absolute Gasteiger partial charge is 0.256 e. The maximum atomic E-state index is 13.9. The van der Waals surface area contributed by atoms with Gasteiger partial charge >= 0.3 is 0 Å². The van der Waals surface area contributed by atoms with Crippen molar-refractivity contribution >= 4 is 27.5 Å². The molecule has 0 radical (unpaired) electrons. The molecular formula is C13H18ClFN2O3S. The molecule has 0 saturated carbocycles. The number of nitrogens with two attached hydrogens (primary N) is 1. The molecule has 1 rings (SSSR count). The third-order valence-electron chi connectivity index (χ3n) is 2.95. The summed E-state index contributed by atoms with van der Waals surface area (Å²) in [5.74, 6) is -1.11.